The molecule has 0 radical (unpaired) electrons. The van der Waals surface area contributed by atoms with Crippen LogP contribution in [0.15, 0.2) is 36.4 Å². The molecule has 0 bridgehead atoms. The third-order valence-electron chi connectivity index (χ3n) is 4.61. The van der Waals surface area contributed by atoms with Crippen LogP contribution in [0, 0.1) is 0 Å². The van der Waals surface area contributed by atoms with Crippen molar-refractivity contribution in [3.8, 4) is 0 Å². The number of hydrogen-bond donors (Lipinski definition) is 7. The molecule has 0 amide bonds. The largest absolute Gasteiger partial charge is 0.490 e. The number of ether oxygens (including phenoxy) is 1. The van der Waals surface area contributed by atoms with Crippen molar-refractivity contribution in [2.45, 2.75) is 44.3 Å². The van der Waals surface area contributed by atoms with Crippen molar-refractivity contribution >= 4 is 23.5 Å². The second kappa shape index (κ2) is 8.71. The van der Waals surface area contributed by atoms with Crippen LogP contribution in [-0.2, 0) is 31.6 Å². The Kier molecular flexibility index (Phi) is 7.45. The van der Waals surface area contributed by atoms with E-state index in [0.29, 0.717) is 11.3 Å². The number of phosphoric acid groups is 3. The molecule has 15 nitrogen and oxygen atoms in total. The lowest BCUT2D eigenvalue weighted by Gasteiger charge is -2.39. The molecule has 1 saturated heterocycles. The van der Waals surface area contributed by atoms with Gasteiger partial charge in [-0.2, -0.15) is 8.62 Å². The maximum absolute atomic E-state index is 12.0. The Morgan fingerprint density at radius 3 is 2.25 bits per heavy atom. The molecule has 0 saturated carbocycles. The minimum absolute atomic E-state index is 0.246. The van der Waals surface area contributed by atoms with E-state index in [4.69, 9.17) is 14.5 Å². The van der Waals surface area contributed by atoms with E-state index >= 15 is 0 Å². The molecule has 2 aliphatic rings. The number of hydrogen-bond acceptors (Lipinski definition) is 11. The van der Waals surface area contributed by atoms with E-state index in [1.54, 1.807) is 13.1 Å². The third kappa shape index (κ3) is 6.16. The van der Waals surface area contributed by atoms with Crippen molar-refractivity contribution < 1.29 is 61.4 Å². The monoisotopic (exact) mass is 522 g/mol. The topological polar surface area (TPSA) is 225 Å². The number of nitrogens with one attached hydrogen (secondary N) is 1. The van der Waals surface area contributed by atoms with Crippen LogP contribution < -0.4 is 5.32 Å². The molecule has 2 aliphatic heterocycles. The van der Waals surface area contributed by atoms with Gasteiger partial charge in [-0.05, 0) is 26.3 Å². The van der Waals surface area contributed by atoms with E-state index in [9.17, 15) is 33.7 Å². The van der Waals surface area contributed by atoms with E-state index in [2.05, 4.69) is 31.6 Å². The Hall–Kier alpha value is -0.890. The van der Waals surface area contributed by atoms with Crippen LogP contribution in [0.3, 0.4) is 0 Å². The smallest absolute Gasteiger partial charge is 0.387 e. The van der Waals surface area contributed by atoms with Gasteiger partial charge >= 0.3 is 23.5 Å². The lowest BCUT2D eigenvalue weighted by atomic mass is 9.89. The molecule has 1 fully saturated rings. The molecule has 0 aromatic heterocycles. The quantitative estimate of drug-likeness (QED) is 0.214. The van der Waals surface area contributed by atoms with Gasteiger partial charge in [0.05, 0.1) is 6.61 Å². The average molecular weight is 522 g/mol. The van der Waals surface area contributed by atoms with E-state index in [-0.39, 0.29) is 5.82 Å². The fraction of sp³-hybridized carbons (Fsp3) is 0.571. The molecular weight excluding hydrogens is 497 g/mol. The summed E-state index contributed by atoms with van der Waals surface area (Å²) in [4.78, 5) is 37.3. The molecule has 0 aromatic rings. The molecule has 0 aliphatic carbocycles. The summed E-state index contributed by atoms with van der Waals surface area (Å²) in [6.45, 7) is 10.8. The number of rotatable bonds is 8. The van der Waals surface area contributed by atoms with Gasteiger partial charge in [0, 0.05) is 11.9 Å². The summed E-state index contributed by atoms with van der Waals surface area (Å²) in [6, 6.07) is 0. The molecule has 2 heterocycles. The van der Waals surface area contributed by atoms with E-state index in [0.717, 1.165) is 0 Å². The van der Waals surface area contributed by atoms with Gasteiger partial charge in [-0.1, -0.05) is 13.2 Å². The van der Waals surface area contributed by atoms with Crippen molar-refractivity contribution in [2.24, 2.45) is 0 Å². The van der Waals surface area contributed by atoms with Gasteiger partial charge in [0.25, 0.3) is 0 Å². The van der Waals surface area contributed by atoms with Crippen molar-refractivity contribution in [3.05, 3.63) is 36.4 Å². The van der Waals surface area contributed by atoms with Crippen LogP contribution >= 0.6 is 23.5 Å². The first-order chi connectivity index (χ1) is 14.2. The number of nitrogens with zero attached hydrogens (tertiary/aromatic N) is 1. The first-order valence-corrected chi connectivity index (χ1v) is 13.2. The van der Waals surface area contributed by atoms with Gasteiger partial charge in [0.15, 0.2) is 6.23 Å². The van der Waals surface area contributed by atoms with Gasteiger partial charge in [-0.15, -0.1) is 0 Å². The number of aliphatic hydroxyl groups is 2. The molecule has 2 rings (SSSR count). The summed E-state index contributed by atoms with van der Waals surface area (Å²) in [5.74, 6) is 0.246. The number of phosphoric ester groups is 1. The van der Waals surface area contributed by atoms with Crippen molar-refractivity contribution in [1.29, 1.82) is 0 Å². The lowest BCUT2D eigenvalue weighted by Crippen LogP contribution is -2.54. The fourth-order valence-electron chi connectivity index (χ4n) is 3.07. The highest BCUT2D eigenvalue weighted by atomic mass is 31.3. The summed E-state index contributed by atoms with van der Waals surface area (Å²) in [5, 5.41) is 24.4. The average Bonchev–Trinajstić information content (AvgIpc) is 2.74. The summed E-state index contributed by atoms with van der Waals surface area (Å²) < 4.78 is 51.7. The normalized spacial score (nSPS) is 35.2. The van der Waals surface area contributed by atoms with Gasteiger partial charge in [0.2, 0.25) is 0 Å². The Labute approximate surface area is 183 Å². The van der Waals surface area contributed by atoms with Crippen LogP contribution in [0.5, 0.6) is 0 Å². The lowest BCUT2D eigenvalue weighted by molar-refractivity contribution is -0.131. The number of allylic oxidation sites excluding steroid dienone is 1. The molecule has 3 unspecified atom stereocenters. The second-order valence-corrected chi connectivity index (χ2v) is 12.0. The highest BCUT2D eigenvalue weighted by molar-refractivity contribution is 7.66. The Morgan fingerprint density at radius 1 is 1.16 bits per heavy atom. The summed E-state index contributed by atoms with van der Waals surface area (Å²) in [7, 11) is -16.7. The Morgan fingerprint density at radius 2 is 1.72 bits per heavy atom. The summed E-state index contributed by atoms with van der Waals surface area (Å²) in [5.41, 5.74) is -2.64. The van der Waals surface area contributed by atoms with E-state index in [1.165, 1.54) is 18.7 Å². The molecule has 18 heteroatoms. The highest BCUT2D eigenvalue weighted by Gasteiger charge is 2.61. The zero-order valence-electron chi connectivity index (χ0n) is 17.2. The second-order valence-electron chi connectivity index (χ2n) is 7.55. The Bertz CT molecular complexity index is 975. The van der Waals surface area contributed by atoms with E-state index < -0.39 is 53.6 Å². The molecule has 184 valence electrons. The predicted molar refractivity (Wildman–Crippen MR) is 107 cm³/mol. The maximum Gasteiger partial charge on any atom is 0.490 e. The zero-order valence-corrected chi connectivity index (χ0v) is 19.9. The van der Waals surface area contributed by atoms with Gasteiger partial charge in [-0.3, -0.25) is 4.52 Å². The minimum atomic E-state index is -5.71. The molecule has 32 heavy (non-hydrogen) atoms. The van der Waals surface area contributed by atoms with Gasteiger partial charge in [0.1, 0.15) is 23.1 Å². The molecule has 7 N–H and O–H groups in total. The van der Waals surface area contributed by atoms with Crippen LogP contribution in [-0.4, -0.2) is 64.8 Å². The summed E-state index contributed by atoms with van der Waals surface area (Å²) >= 11 is 0. The first-order valence-electron chi connectivity index (χ1n) is 8.68. The van der Waals surface area contributed by atoms with Crippen LogP contribution in [0.4, 0.5) is 0 Å². The van der Waals surface area contributed by atoms with Gasteiger partial charge in [-0.25, -0.2) is 13.7 Å². The summed E-state index contributed by atoms with van der Waals surface area (Å²) in [6.07, 6.45) is -1.45. The van der Waals surface area contributed by atoms with Crippen LogP contribution in [0.1, 0.15) is 20.8 Å². The van der Waals surface area contributed by atoms with Gasteiger partial charge < -0.3 is 44.7 Å². The zero-order chi connectivity index (χ0) is 24.9. The molecular formula is C14H25N2O13P3. The van der Waals surface area contributed by atoms with Crippen molar-refractivity contribution in [2.75, 3.05) is 6.61 Å². The number of aliphatic hydroxyl groups excluding tert-OH is 1. The third-order valence-corrected chi connectivity index (χ3v) is 8.39. The predicted octanol–water partition coefficient (Wildman–Crippen LogP) is 0.350. The fourth-order valence-corrected chi connectivity index (χ4v) is 6.18. The Balaban J connectivity index is 2.19. The van der Waals surface area contributed by atoms with Crippen LogP contribution in [0.25, 0.3) is 0 Å². The molecule has 0 spiro atoms. The molecule has 0 aromatic carbocycles. The van der Waals surface area contributed by atoms with E-state index in [1.807, 2.05) is 0 Å². The van der Waals surface area contributed by atoms with Crippen LogP contribution in [0.2, 0.25) is 0 Å². The molecule has 6 atom stereocenters. The van der Waals surface area contributed by atoms with Crippen molar-refractivity contribution in [1.82, 2.24) is 10.2 Å². The maximum atomic E-state index is 12.0. The van der Waals surface area contributed by atoms with Crippen molar-refractivity contribution in [3.63, 3.8) is 0 Å². The minimum Gasteiger partial charge on any atom is -0.387 e. The standard InChI is InChI=1S/C14H25N2O13P3/c1-8-6-16(10(3)15-9(8)2)12-14(5,18)11(17)13(4,27-12)7-26-31(22,23)29-32(24,25)28-30(19,20)21/h6,11-12,15,17-18H,2-3,7H2,1,4-5H3,(H,22,23)(H,24,25)(H2,19,20,21)/t11-,12+,13+,14?/m0/s1. The first kappa shape index (κ1) is 27.4. The highest BCUT2D eigenvalue weighted by Crippen LogP contribution is 2.66. The SMILES string of the molecule is C=C1NC(=C)N([C@@H]2O[C@](C)(COP(=O)(O)OP(=O)(O)OP(=O)(O)O)[C@H](O)C2(C)O)C=C1C.